The van der Waals surface area contributed by atoms with Gasteiger partial charge in [-0.2, -0.15) is 12.7 Å². The van der Waals surface area contributed by atoms with Crippen molar-refractivity contribution in [2.45, 2.75) is 25.7 Å². The van der Waals surface area contributed by atoms with Crippen LogP contribution < -0.4 is 4.72 Å². The first kappa shape index (κ1) is 14.9. The Balaban J connectivity index is 2.13. The van der Waals surface area contributed by atoms with Gasteiger partial charge in [-0.1, -0.05) is 36.0 Å². The molecule has 4 nitrogen and oxygen atoms in total. The number of hydrogen-bond donors (Lipinski definition) is 1. The number of benzene rings is 1. The van der Waals surface area contributed by atoms with E-state index >= 15 is 0 Å². The van der Waals surface area contributed by atoms with Crippen molar-refractivity contribution in [2.75, 3.05) is 17.8 Å². The van der Waals surface area contributed by atoms with Crippen molar-refractivity contribution < 1.29 is 8.42 Å². The fourth-order valence-corrected chi connectivity index (χ4v) is 3.65. The number of hydrogen-bond acceptors (Lipinski definition) is 2. The molecule has 0 radical (unpaired) electrons. The van der Waals surface area contributed by atoms with Gasteiger partial charge in [-0.05, 0) is 31.0 Å². The zero-order valence-corrected chi connectivity index (χ0v) is 12.7. The van der Waals surface area contributed by atoms with E-state index in [0.717, 1.165) is 25.7 Å². The van der Waals surface area contributed by atoms with Crippen LogP contribution in [0.25, 0.3) is 0 Å². The molecular weight excluding hydrogens is 307 g/mol. The highest BCUT2D eigenvalue weighted by Crippen LogP contribution is 2.26. The third kappa shape index (κ3) is 3.99. The summed E-state index contributed by atoms with van der Waals surface area (Å²) in [5.41, 5.74) is 0.429. The minimum atomic E-state index is -3.51. The Hall–Kier alpha value is -0.490. The Morgan fingerprint density at radius 1 is 1.00 bits per heavy atom. The molecule has 7 heteroatoms. The third-order valence-electron chi connectivity index (χ3n) is 3.07. The minimum absolute atomic E-state index is 0.331. The van der Waals surface area contributed by atoms with Gasteiger partial charge in [0.1, 0.15) is 0 Å². The van der Waals surface area contributed by atoms with Gasteiger partial charge in [-0.15, -0.1) is 0 Å². The van der Waals surface area contributed by atoms with Crippen molar-refractivity contribution in [3.05, 3.63) is 28.2 Å². The maximum Gasteiger partial charge on any atom is 0.301 e. The molecule has 1 aromatic carbocycles. The van der Waals surface area contributed by atoms with Gasteiger partial charge < -0.3 is 0 Å². The van der Waals surface area contributed by atoms with Crippen molar-refractivity contribution in [2.24, 2.45) is 0 Å². The van der Waals surface area contributed by atoms with E-state index < -0.39 is 10.2 Å². The molecule has 1 aliphatic heterocycles. The van der Waals surface area contributed by atoms with Crippen molar-refractivity contribution in [3.63, 3.8) is 0 Å². The number of nitrogens with zero attached hydrogens (tertiary/aromatic N) is 1. The molecular formula is C12H16Cl2N2O2S. The fraction of sp³-hybridized carbons (Fsp3) is 0.500. The highest BCUT2D eigenvalue weighted by Gasteiger charge is 2.22. The van der Waals surface area contributed by atoms with E-state index in [9.17, 15) is 8.42 Å². The lowest BCUT2D eigenvalue weighted by molar-refractivity contribution is 0.427. The molecule has 0 bridgehead atoms. The van der Waals surface area contributed by atoms with Crippen LogP contribution in [-0.4, -0.2) is 25.8 Å². The smallest absolute Gasteiger partial charge is 0.271 e. The molecule has 2 rings (SSSR count). The third-order valence-corrected chi connectivity index (χ3v) is 5.35. The lowest BCUT2D eigenvalue weighted by atomic mass is 10.2. The van der Waals surface area contributed by atoms with Gasteiger partial charge >= 0.3 is 10.2 Å². The molecule has 0 aromatic heterocycles. The van der Waals surface area contributed by atoms with E-state index in [4.69, 9.17) is 23.2 Å². The Bertz CT molecular complexity index is 541. The molecule has 0 aliphatic carbocycles. The van der Waals surface area contributed by atoms with E-state index in [1.54, 1.807) is 12.1 Å². The molecule has 0 spiro atoms. The zero-order chi connectivity index (χ0) is 13.9. The number of anilines is 1. The fourth-order valence-electron chi connectivity index (χ4n) is 2.06. The summed E-state index contributed by atoms with van der Waals surface area (Å²) in [5.74, 6) is 0. The number of nitrogens with one attached hydrogen (secondary N) is 1. The van der Waals surface area contributed by atoms with E-state index in [-0.39, 0.29) is 0 Å². The summed E-state index contributed by atoms with van der Waals surface area (Å²) in [6.07, 6.45) is 3.97. The van der Waals surface area contributed by atoms with E-state index in [1.807, 2.05) is 0 Å². The Morgan fingerprint density at radius 2 is 1.63 bits per heavy atom. The van der Waals surface area contributed by atoms with Gasteiger partial charge in [0.25, 0.3) is 0 Å². The first-order valence-electron chi connectivity index (χ1n) is 6.22. The first-order chi connectivity index (χ1) is 8.99. The van der Waals surface area contributed by atoms with Gasteiger partial charge in [0.15, 0.2) is 0 Å². The molecule has 1 N–H and O–H groups in total. The highest BCUT2D eigenvalue weighted by atomic mass is 35.5. The van der Waals surface area contributed by atoms with Gasteiger partial charge in [0, 0.05) is 13.1 Å². The summed E-state index contributed by atoms with van der Waals surface area (Å²) in [6, 6.07) is 4.69. The molecule has 1 aliphatic rings. The maximum atomic E-state index is 12.2. The van der Waals surface area contributed by atoms with Crippen molar-refractivity contribution in [1.82, 2.24) is 4.31 Å². The monoisotopic (exact) mass is 322 g/mol. The molecule has 0 amide bonds. The summed E-state index contributed by atoms with van der Waals surface area (Å²) in [5, 5.41) is 0.733. The Labute approximate surface area is 123 Å². The standard InChI is InChI=1S/C12H16Cl2N2O2S/c13-11-6-5-10(9-12(11)14)15-19(17,18)16-7-3-1-2-4-8-16/h5-6,9,15H,1-4,7-8H2. The van der Waals surface area contributed by atoms with Crippen LogP contribution in [0.15, 0.2) is 18.2 Å². The summed E-state index contributed by atoms with van der Waals surface area (Å²) in [7, 11) is -3.51. The molecule has 0 saturated carbocycles. The van der Waals surface area contributed by atoms with Crippen molar-refractivity contribution in [3.8, 4) is 0 Å². The Morgan fingerprint density at radius 3 is 2.21 bits per heavy atom. The number of rotatable bonds is 3. The summed E-state index contributed by atoms with van der Waals surface area (Å²) >= 11 is 11.7. The molecule has 0 unspecified atom stereocenters. The predicted octanol–water partition coefficient (Wildman–Crippen LogP) is 3.53. The average molecular weight is 323 g/mol. The van der Waals surface area contributed by atoms with Crippen LogP contribution in [0.3, 0.4) is 0 Å². The molecule has 1 fully saturated rings. The first-order valence-corrected chi connectivity index (χ1v) is 8.41. The summed E-state index contributed by atoms with van der Waals surface area (Å²) < 4.78 is 28.5. The predicted molar refractivity (Wildman–Crippen MR) is 79.0 cm³/mol. The topological polar surface area (TPSA) is 49.4 Å². The lowest BCUT2D eigenvalue weighted by Crippen LogP contribution is -2.36. The van der Waals surface area contributed by atoms with Gasteiger partial charge in [0.2, 0.25) is 0 Å². The normalized spacial score (nSPS) is 18.0. The van der Waals surface area contributed by atoms with Crippen molar-refractivity contribution >= 4 is 39.1 Å². The van der Waals surface area contributed by atoms with Crippen LogP contribution in [-0.2, 0) is 10.2 Å². The maximum absolute atomic E-state index is 12.2. The van der Waals surface area contributed by atoms with Crippen LogP contribution in [0, 0.1) is 0 Å². The molecule has 106 valence electrons. The van der Waals surface area contributed by atoms with E-state index in [1.165, 1.54) is 10.4 Å². The number of halogens is 2. The molecule has 0 atom stereocenters. The van der Waals surface area contributed by atoms with Crippen molar-refractivity contribution in [1.29, 1.82) is 0 Å². The lowest BCUT2D eigenvalue weighted by Gasteiger charge is -2.20. The van der Waals surface area contributed by atoms with E-state index in [0.29, 0.717) is 28.8 Å². The summed E-state index contributed by atoms with van der Waals surface area (Å²) in [6.45, 7) is 1.13. The molecule has 19 heavy (non-hydrogen) atoms. The second-order valence-electron chi connectivity index (χ2n) is 4.55. The minimum Gasteiger partial charge on any atom is -0.271 e. The molecule has 1 heterocycles. The zero-order valence-electron chi connectivity index (χ0n) is 10.4. The van der Waals surface area contributed by atoms with Crippen LogP contribution >= 0.6 is 23.2 Å². The molecule has 1 saturated heterocycles. The Kier molecular flexibility index (Phi) is 4.95. The summed E-state index contributed by atoms with van der Waals surface area (Å²) in [4.78, 5) is 0. The van der Waals surface area contributed by atoms with Crippen LogP contribution in [0.1, 0.15) is 25.7 Å². The quantitative estimate of drug-likeness (QED) is 0.925. The average Bonchev–Trinajstić information content (AvgIpc) is 2.63. The van der Waals surface area contributed by atoms with Gasteiger partial charge in [-0.25, -0.2) is 0 Å². The van der Waals surface area contributed by atoms with Crippen LogP contribution in [0.4, 0.5) is 5.69 Å². The highest BCUT2D eigenvalue weighted by molar-refractivity contribution is 7.90. The van der Waals surface area contributed by atoms with E-state index in [2.05, 4.69) is 4.72 Å². The van der Waals surface area contributed by atoms with Crippen LogP contribution in [0.5, 0.6) is 0 Å². The van der Waals surface area contributed by atoms with Gasteiger partial charge in [-0.3, -0.25) is 4.72 Å². The molecule has 1 aromatic rings. The second-order valence-corrected chi connectivity index (χ2v) is 7.03. The van der Waals surface area contributed by atoms with Gasteiger partial charge in [0.05, 0.1) is 15.7 Å². The van der Waals surface area contributed by atoms with Crippen LogP contribution in [0.2, 0.25) is 10.0 Å². The second kappa shape index (κ2) is 6.31. The SMILES string of the molecule is O=S(=O)(Nc1ccc(Cl)c(Cl)c1)N1CCCCCC1. The largest absolute Gasteiger partial charge is 0.301 e.